The zero-order valence-corrected chi connectivity index (χ0v) is 7.22. The van der Waals surface area contributed by atoms with Crippen LogP contribution in [-0.2, 0) is 0 Å². The molecule has 12 heavy (non-hydrogen) atoms. The van der Waals surface area contributed by atoms with E-state index in [1.54, 1.807) is 0 Å². The Labute approximate surface area is 73.1 Å². The average molecular weight is 161 g/mol. The van der Waals surface area contributed by atoms with E-state index in [4.69, 9.17) is 5.41 Å². The zero-order valence-electron chi connectivity index (χ0n) is 7.22. The molecular formula is C10H13N2. The molecule has 0 spiro atoms. The van der Waals surface area contributed by atoms with Gasteiger partial charge in [0.05, 0.1) is 0 Å². The molecule has 0 heterocycles. The Bertz CT molecular complexity index is 241. The Morgan fingerprint density at radius 1 is 1.50 bits per heavy atom. The van der Waals surface area contributed by atoms with Gasteiger partial charge < -0.3 is 5.32 Å². The van der Waals surface area contributed by atoms with Crippen molar-refractivity contribution in [2.45, 2.75) is 13.3 Å². The Balaban J connectivity index is 2.54. The van der Waals surface area contributed by atoms with Gasteiger partial charge in [-0.1, -0.05) is 31.2 Å². The predicted molar refractivity (Wildman–Crippen MR) is 50.4 cm³/mol. The normalized spacial score (nSPS) is 9.42. The second-order valence-electron chi connectivity index (χ2n) is 2.59. The molecule has 1 aromatic carbocycles. The molecule has 0 fully saturated rings. The minimum absolute atomic E-state index is 0.492. The number of benzene rings is 1. The highest BCUT2D eigenvalue weighted by molar-refractivity contribution is 5.96. The molecule has 0 saturated heterocycles. The number of amidine groups is 1. The van der Waals surface area contributed by atoms with E-state index in [1.807, 2.05) is 24.3 Å². The molecule has 2 nitrogen and oxygen atoms in total. The van der Waals surface area contributed by atoms with Gasteiger partial charge >= 0.3 is 0 Å². The van der Waals surface area contributed by atoms with Gasteiger partial charge in [-0.05, 0) is 12.5 Å². The van der Waals surface area contributed by atoms with Crippen molar-refractivity contribution in [2.24, 2.45) is 0 Å². The summed E-state index contributed by atoms with van der Waals surface area (Å²) in [5.74, 6) is 0.492. The van der Waals surface area contributed by atoms with Crippen LogP contribution in [0.5, 0.6) is 0 Å². The van der Waals surface area contributed by atoms with Gasteiger partial charge in [0.15, 0.2) is 0 Å². The maximum Gasteiger partial charge on any atom is 0.125 e. The minimum atomic E-state index is 0.492. The third-order valence-corrected chi connectivity index (χ3v) is 1.56. The van der Waals surface area contributed by atoms with Crippen LogP contribution in [0, 0.1) is 11.5 Å². The number of nitrogens with one attached hydrogen (secondary N) is 2. The molecule has 0 atom stereocenters. The monoisotopic (exact) mass is 161 g/mol. The molecule has 0 saturated carbocycles. The van der Waals surface area contributed by atoms with Crippen molar-refractivity contribution in [3.05, 3.63) is 35.9 Å². The molecule has 1 radical (unpaired) electrons. The van der Waals surface area contributed by atoms with Crippen LogP contribution in [0.4, 0.5) is 0 Å². The van der Waals surface area contributed by atoms with Crippen LogP contribution in [0.25, 0.3) is 0 Å². The molecule has 63 valence electrons. The summed E-state index contributed by atoms with van der Waals surface area (Å²) in [5, 5.41) is 10.6. The third kappa shape index (κ3) is 2.38. The van der Waals surface area contributed by atoms with Gasteiger partial charge in [0, 0.05) is 12.1 Å². The third-order valence-electron chi connectivity index (χ3n) is 1.56. The topological polar surface area (TPSA) is 35.9 Å². The maximum absolute atomic E-state index is 7.61. The second-order valence-corrected chi connectivity index (χ2v) is 2.59. The van der Waals surface area contributed by atoms with Gasteiger partial charge in [0.2, 0.25) is 0 Å². The first-order chi connectivity index (χ1) is 5.84. The fraction of sp³-hybridized carbons (Fsp3) is 0.300. The highest BCUT2D eigenvalue weighted by Crippen LogP contribution is 1.96. The summed E-state index contributed by atoms with van der Waals surface area (Å²) < 4.78 is 0. The summed E-state index contributed by atoms with van der Waals surface area (Å²) in [6.45, 7) is 2.94. The van der Waals surface area contributed by atoms with E-state index in [0.717, 1.165) is 18.5 Å². The summed E-state index contributed by atoms with van der Waals surface area (Å²) in [4.78, 5) is 0. The van der Waals surface area contributed by atoms with E-state index in [0.29, 0.717) is 5.84 Å². The smallest absolute Gasteiger partial charge is 0.125 e. The van der Waals surface area contributed by atoms with Gasteiger partial charge in [-0.15, -0.1) is 0 Å². The molecule has 2 N–H and O–H groups in total. The van der Waals surface area contributed by atoms with Crippen molar-refractivity contribution >= 4 is 5.84 Å². The van der Waals surface area contributed by atoms with Gasteiger partial charge in [0.25, 0.3) is 0 Å². The minimum Gasteiger partial charge on any atom is -0.370 e. The molecule has 0 bridgehead atoms. The van der Waals surface area contributed by atoms with Crippen LogP contribution >= 0.6 is 0 Å². The largest absolute Gasteiger partial charge is 0.370 e. The molecule has 0 aliphatic carbocycles. The van der Waals surface area contributed by atoms with Gasteiger partial charge in [-0.25, -0.2) is 0 Å². The van der Waals surface area contributed by atoms with Crippen molar-refractivity contribution in [3.63, 3.8) is 0 Å². The van der Waals surface area contributed by atoms with E-state index in [9.17, 15) is 0 Å². The SMILES string of the molecule is CCCNC(=N)c1cc[c]cc1. The van der Waals surface area contributed by atoms with E-state index in [1.165, 1.54) is 0 Å². The van der Waals surface area contributed by atoms with Crippen LogP contribution in [-0.4, -0.2) is 12.4 Å². The molecule has 0 amide bonds. The van der Waals surface area contributed by atoms with E-state index in [-0.39, 0.29) is 0 Å². The first-order valence-electron chi connectivity index (χ1n) is 4.13. The molecule has 0 aliphatic heterocycles. The van der Waals surface area contributed by atoms with Crippen LogP contribution in [0.15, 0.2) is 24.3 Å². The lowest BCUT2D eigenvalue weighted by atomic mass is 10.2. The quantitative estimate of drug-likeness (QED) is 0.514. The Hall–Kier alpha value is -1.31. The number of hydrogen-bond acceptors (Lipinski definition) is 1. The Morgan fingerprint density at radius 2 is 2.17 bits per heavy atom. The lowest BCUT2D eigenvalue weighted by Crippen LogP contribution is -2.23. The van der Waals surface area contributed by atoms with Crippen molar-refractivity contribution in [1.29, 1.82) is 5.41 Å². The molecule has 0 aliphatic rings. The number of hydrogen-bond donors (Lipinski definition) is 2. The summed E-state index contributed by atoms with van der Waals surface area (Å²) in [6, 6.07) is 10.3. The van der Waals surface area contributed by atoms with Crippen LogP contribution in [0.2, 0.25) is 0 Å². The molecule has 1 aromatic rings. The van der Waals surface area contributed by atoms with Crippen molar-refractivity contribution < 1.29 is 0 Å². The first-order valence-corrected chi connectivity index (χ1v) is 4.13. The lowest BCUT2D eigenvalue weighted by Gasteiger charge is -2.05. The second kappa shape index (κ2) is 4.54. The highest BCUT2D eigenvalue weighted by Gasteiger charge is 1.96. The zero-order chi connectivity index (χ0) is 8.81. The summed E-state index contributed by atoms with van der Waals surface area (Å²) >= 11 is 0. The fourth-order valence-corrected chi connectivity index (χ4v) is 0.906. The van der Waals surface area contributed by atoms with Crippen LogP contribution in [0.3, 0.4) is 0 Å². The first kappa shape index (κ1) is 8.78. The van der Waals surface area contributed by atoms with Crippen molar-refractivity contribution in [1.82, 2.24) is 5.32 Å². The Morgan fingerprint density at radius 3 is 2.75 bits per heavy atom. The molecule has 1 rings (SSSR count). The summed E-state index contributed by atoms with van der Waals surface area (Å²) in [5.41, 5.74) is 0.919. The molecular weight excluding hydrogens is 148 g/mol. The molecule has 0 unspecified atom stereocenters. The fourth-order valence-electron chi connectivity index (χ4n) is 0.906. The predicted octanol–water partition coefficient (Wildman–Crippen LogP) is 1.81. The summed E-state index contributed by atoms with van der Waals surface area (Å²) in [6.07, 6.45) is 1.04. The van der Waals surface area contributed by atoms with E-state index in [2.05, 4.69) is 18.3 Å². The van der Waals surface area contributed by atoms with Gasteiger partial charge in [0.1, 0.15) is 5.84 Å². The van der Waals surface area contributed by atoms with Gasteiger partial charge in [-0.2, -0.15) is 0 Å². The Kier molecular flexibility index (Phi) is 3.33. The number of rotatable bonds is 3. The summed E-state index contributed by atoms with van der Waals surface area (Å²) in [7, 11) is 0. The van der Waals surface area contributed by atoms with Crippen LogP contribution < -0.4 is 5.32 Å². The standard InChI is InChI=1S/C10H13N2/c1-2-8-12-10(11)9-6-4-3-5-7-9/h4-7H,2,8H2,1H3,(H2,11,12). The van der Waals surface area contributed by atoms with E-state index < -0.39 is 0 Å². The average Bonchev–Trinajstić information content (AvgIpc) is 2.15. The highest BCUT2D eigenvalue weighted by atomic mass is 14.9. The molecule has 0 aromatic heterocycles. The maximum atomic E-state index is 7.61. The van der Waals surface area contributed by atoms with E-state index >= 15 is 0 Å². The van der Waals surface area contributed by atoms with Crippen LogP contribution in [0.1, 0.15) is 18.9 Å². The van der Waals surface area contributed by atoms with Crippen molar-refractivity contribution in [3.8, 4) is 0 Å². The lowest BCUT2D eigenvalue weighted by molar-refractivity contribution is 0.836. The molecule has 2 heteroatoms. The van der Waals surface area contributed by atoms with Gasteiger partial charge in [-0.3, -0.25) is 5.41 Å². The van der Waals surface area contributed by atoms with Crippen molar-refractivity contribution in [2.75, 3.05) is 6.54 Å².